The van der Waals surface area contributed by atoms with Crippen molar-refractivity contribution in [2.45, 2.75) is 39.7 Å². The van der Waals surface area contributed by atoms with Gasteiger partial charge < -0.3 is 10.2 Å². The molecule has 0 aliphatic heterocycles. The van der Waals surface area contributed by atoms with Crippen LogP contribution in [0.1, 0.15) is 33.6 Å². The van der Waals surface area contributed by atoms with E-state index in [-0.39, 0.29) is 18.1 Å². The Kier molecular flexibility index (Phi) is 3.91. The van der Waals surface area contributed by atoms with Crippen LogP contribution < -0.4 is 0 Å². The first kappa shape index (κ1) is 9.92. The van der Waals surface area contributed by atoms with Crippen LogP contribution in [-0.4, -0.2) is 22.9 Å². The van der Waals surface area contributed by atoms with Gasteiger partial charge in [0.2, 0.25) is 0 Å². The zero-order valence-corrected chi connectivity index (χ0v) is 7.09. The Bertz CT molecular complexity index is 89.3. The smallest absolute Gasteiger partial charge is 0.0612 e. The first-order chi connectivity index (χ1) is 4.54. The molecule has 2 N–H and O–H groups in total. The second kappa shape index (κ2) is 3.94. The fraction of sp³-hybridized carbons (Fsp3) is 1.00. The summed E-state index contributed by atoms with van der Waals surface area (Å²) in [6, 6.07) is 0. The lowest BCUT2D eigenvalue weighted by Gasteiger charge is -2.27. The predicted octanol–water partition coefficient (Wildman–Crippen LogP) is 1.17. The summed E-state index contributed by atoms with van der Waals surface area (Å²) in [4.78, 5) is 0. The van der Waals surface area contributed by atoms with Crippen molar-refractivity contribution in [2.75, 3.05) is 6.61 Å². The van der Waals surface area contributed by atoms with Crippen molar-refractivity contribution < 1.29 is 10.2 Å². The number of hydrogen-bond acceptors (Lipinski definition) is 2. The van der Waals surface area contributed by atoms with Crippen LogP contribution in [0.4, 0.5) is 0 Å². The fourth-order valence-electron chi connectivity index (χ4n) is 0.770. The number of hydrogen-bond donors (Lipinski definition) is 2. The highest BCUT2D eigenvalue weighted by Gasteiger charge is 2.25. The largest absolute Gasteiger partial charge is 0.396 e. The Hall–Kier alpha value is -0.0800. The Morgan fingerprint density at radius 3 is 2.20 bits per heavy atom. The topological polar surface area (TPSA) is 40.5 Å². The summed E-state index contributed by atoms with van der Waals surface area (Å²) in [5.74, 6) is 0. The van der Waals surface area contributed by atoms with Crippen molar-refractivity contribution in [3.05, 3.63) is 0 Å². The highest BCUT2D eigenvalue weighted by molar-refractivity contribution is 4.75. The third-order valence-electron chi connectivity index (χ3n) is 1.87. The molecule has 0 aromatic rings. The molecule has 0 rings (SSSR count). The van der Waals surface area contributed by atoms with E-state index >= 15 is 0 Å². The van der Waals surface area contributed by atoms with Crippen molar-refractivity contribution in [3.8, 4) is 0 Å². The van der Waals surface area contributed by atoms with Crippen LogP contribution in [0.3, 0.4) is 0 Å². The maximum Gasteiger partial charge on any atom is 0.0612 e. The minimum atomic E-state index is -0.373. The SMILES string of the molecule is CCCC(O)C(C)(C)CO. The average Bonchev–Trinajstić information content (AvgIpc) is 1.89. The maximum absolute atomic E-state index is 9.42. The van der Waals surface area contributed by atoms with E-state index in [0.29, 0.717) is 0 Å². The van der Waals surface area contributed by atoms with E-state index in [9.17, 15) is 5.11 Å². The van der Waals surface area contributed by atoms with Gasteiger partial charge in [-0.15, -0.1) is 0 Å². The van der Waals surface area contributed by atoms with Gasteiger partial charge in [-0.25, -0.2) is 0 Å². The van der Waals surface area contributed by atoms with E-state index in [1.807, 2.05) is 20.8 Å². The number of aliphatic hydroxyl groups is 2. The van der Waals surface area contributed by atoms with Crippen molar-refractivity contribution in [3.63, 3.8) is 0 Å². The lowest BCUT2D eigenvalue weighted by atomic mass is 9.85. The molecule has 0 aliphatic rings. The zero-order chi connectivity index (χ0) is 8.20. The van der Waals surface area contributed by atoms with E-state index in [1.165, 1.54) is 0 Å². The highest BCUT2D eigenvalue weighted by Crippen LogP contribution is 2.22. The van der Waals surface area contributed by atoms with E-state index in [2.05, 4.69) is 0 Å². The van der Waals surface area contributed by atoms with Crippen molar-refractivity contribution >= 4 is 0 Å². The maximum atomic E-state index is 9.42. The molecule has 0 aromatic heterocycles. The molecule has 2 nitrogen and oxygen atoms in total. The van der Waals surface area contributed by atoms with E-state index < -0.39 is 0 Å². The molecular weight excluding hydrogens is 128 g/mol. The van der Waals surface area contributed by atoms with Crippen molar-refractivity contribution in [1.82, 2.24) is 0 Å². The average molecular weight is 146 g/mol. The minimum Gasteiger partial charge on any atom is -0.396 e. The second-order valence-corrected chi connectivity index (χ2v) is 3.45. The lowest BCUT2D eigenvalue weighted by Crippen LogP contribution is -2.32. The molecule has 0 saturated carbocycles. The van der Waals surface area contributed by atoms with Gasteiger partial charge >= 0.3 is 0 Å². The second-order valence-electron chi connectivity index (χ2n) is 3.45. The van der Waals surface area contributed by atoms with Gasteiger partial charge in [0.05, 0.1) is 12.7 Å². The molecule has 0 saturated heterocycles. The molecule has 0 aromatic carbocycles. The van der Waals surface area contributed by atoms with Gasteiger partial charge in [-0.3, -0.25) is 0 Å². The van der Waals surface area contributed by atoms with Crippen LogP contribution in [0.25, 0.3) is 0 Å². The van der Waals surface area contributed by atoms with Crippen LogP contribution in [0, 0.1) is 5.41 Å². The van der Waals surface area contributed by atoms with E-state index in [4.69, 9.17) is 5.11 Å². The summed E-state index contributed by atoms with van der Waals surface area (Å²) in [5, 5.41) is 18.2. The molecule has 0 fully saturated rings. The zero-order valence-electron chi connectivity index (χ0n) is 7.09. The van der Waals surface area contributed by atoms with Gasteiger partial charge in [0.25, 0.3) is 0 Å². The van der Waals surface area contributed by atoms with Crippen LogP contribution in [0.2, 0.25) is 0 Å². The van der Waals surface area contributed by atoms with Crippen LogP contribution >= 0.6 is 0 Å². The van der Waals surface area contributed by atoms with Crippen molar-refractivity contribution in [1.29, 1.82) is 0 Å². The number of aliphatic hydroxyl groups excluding tert-OH is 2. The Labute approximate surface area is 62.9 Å². The third-order valence-corrected chi connectivity index (χ3v) is 1.87. The molecule has 0 aliphatic carbocycles. The highest BCUT2D eigenvalue weighted by atomic mass is 16.3. The normalized spacial score (nSPS) is 15.3. The molecule has 0 bridgehead atoms. The van der Waals surface area contributed by atoms with Gasteiger partial charge in [-0.2, -0.15) is 0 Å². The molecule has 1 atom stereocenters. The summed E-state index contributed by atoms with van der Waals surface area (Å²) in [6.07, 6.45) is 1.36. The molecule has 0 radical (unpaired) electrons. The monoisotopic (exact) mass is 146 g/mol. The summed E-state index contributed by atoms with van der Waals surface area (Å²) in [5.41, 5.74) is -0.337. The standard InChI is InChI=1S/C8H18O2/c1-4-5-7(10)8(2,3)6-9/h7,9-10H,4-6H2,1-3H3. The van der Waals surface area contributed by atoms with E-state index in [0.717, 1.165) is 12.8 Å². The molecule has 2 heteroatoms. The summed E-state index contributed by atoms with van der Waals surface area (Å²) in [7, 11) is 0. The van der Waals surface area contributed by atoms with Gasteiger partial charge in [-0.1, -0.05) is 27.2 Å². The first-order valence-electron chi connectivity index (χ1n) is 3.83. The number of rotatable bonds is 4. The van der Waals surface area contributed by atoms with Crippen LogP contribution in [-0.2, 0) is 0 Å². The summed E-state index contributed by atoms with van der Waals surface area (Å²) in [6.45, 7) is 5.81. The molecule has 62 valence electrons. The molecule has 10 heavy (non-hydrogen) atoms. The molecule has 0 heterocycles. The minimum absolute atomic E-state index is 0.0498. The van der Waals surface area contributed by atoms with Gasteiger partial charge in [-0.05, 0) is 6.42 Å². The quantitative estimate of drug-likeness (QED) is 0.625. The van der Waals surface area contributed by atoms with Crippen LogP contribution in [0.5, 0.6) is 0 Å². The molecule has 0 amide bonds. The fourth-order valence-corrected chi connectivity index (χ4v) is 0.770. The van der Waals surface area contributed by atoms with Crippen molar-refractivity contribution in [2.24, 2.45) is 5.41 Å². The molecule has 1 unspecified atom stereocenters. The van der Waals surface area contributed by atoms with E-state index in [1.54, 1.807) is 0 Å². The molecular formula is C8H18O2. The van der Waals surface area contributed by atoms with Gasteiger partial charge in [0.15, 0.2) is 0 Å². The Morgan fingerprint density at radius 1 is 1.40 bits per heavy atom. The Balaban J connectivity index is 3.78. The van der Waals surface area contributed by atoms with Gasteiger partial charge in [0, 0.05) is 5.41 Å². The van der Waals surface area contributed by atoms with Gasteiger partial charge in [0.1, 0.15) is 0 Å². The third kappa shape index (κ3) is 2.67. The lowest BCUT2D eigenvalue weighted by molar-refractivity contribution is 0.00254. The summed E-state index contributed by atoms with van der Waals surface area (Å²) >= 11 is 0. The predicted molar refractivity (Wildman–Crippen MR) is 41.8 cm³/mol. The summed E-state index contributed by atoms with van der Waals surface area (Å²) < 4.78 is 0. The van der Waals surface area contributed by atoms with Crippen LogP contribution in [0.15, 0.2) is 0 Å². The first-order valence-corrected chi connectivity index (χ1v) is 3.83. The molecule has 0 spiro atoms. The Morgan fingerprint density at radius 2 is 1.90 bits per heavy atom.